The number of unbranched alkanes of at least 4 members (excludes halogenated alkanes) is 24. The van der Waals surface area contributed by atoms with Crippen LogP contribution in [0.5, 0.6) is 0 Å². The molecule has 0 bridgehead atoms. The first-order valence-electron chi connectivity index (χ1n) is 28.7. The fourth-order valence-corrected chi connectivity index (χ4v) is 7.84. The highest BCUT2D eigenvalue weighted by atomic mass is 16.6. The lowest BCUT2D eigenvalue weighted by molar-refractivity contribution is -0.167. The van der Waals surface area contributed by atoms with E-state index in [1.807, 2.05) is 0 Å². The van der Waals surface area contributed by atoms with Gasteiger partial charge in [0.1, 0.15) is 13.2 Å². The van der Waals surface area contributed by atoms with Gasteiger partial charge in [-0.15, -0.1) is 0 Å². The van der Waals surface area contributed by atoms with E-state index in [-0.39, 0.29) is 31.1 Å². The Morgan fingerprint density at radius 1 is 0.304 bits per heavy atom. The molecule has 0 spiro atoms. The minimum atomic E-state index is -0.807. The molecule has 6 nitrogen and oxygen atoms in total. The van der Waals surface area contributed by atoms with Crippen molar-refractivity contribution in [1.29, 1.82) is 0 Å². The van der Waals surface area contributed by atoms with Gasteiger partial charge < -0.3 is 14.2 Å². The van der Waals surface area contributed by atoms with Crippen LogP contribution in [0, 0.1) is 0 Å². The predicted molar refractivity (Wildman–Crippen MR) is 297 cm³/mol. The first-order valence-corrected chi connectivity index (χ1v) is 28.7. The Morgan fingerprint density at radius 2 is 0.565 bits per heavy atom. The number of allylic oxidation sites excluding steroid dienone is 16. The molecule has 0 aromatic carbocycles. The van der Waals surface area contributed by atoms with Crippen LogP contribution in [0.4, 0.5) is 0 Å². The summed E-state index contributed by atoms with van der Waals surface area (Å²) in [5.41, 5.74) is 0. The first kappa shape index (κ1) is 65.3. The lowest BCUT2D eigenvalue weighted by Gasteiger charge is -2.18. The smallest absolute Gasteiger partial charge is 0.306 e. The molecule has 0 N–H and O–H groups in total. The van der Waals surface area contributed by atoms with Gasteiger partial charge in [-0.05, 0) is 96.3 Å². The Hall–Kier alpha value is -3.67. The van der Waals surface area contributed by atoms with E-state index in [1.54, 1.807) is 0 Å². The van der Waals surface area contributed by atoms with Gasteiger partial charge in [-0.1, -0.05) is 246 Å². The SMILES string of the molecule is CC/C=C\C/C=C\C/C=C\C/C=C\CCCCCCC(=O)OC(COC(=O)CCCC/C=C\C/C=C\C/C=C\C/C=C\CC)COC(=O)CCCCCCCCCCCCCCCCCCCCC. The van der Waals surface area contributed by atoms with Crippen molar-refractivity contribution < 1.29 is 28.6 Å². The van der Waals surface area contributed by atoms with Crippen LogP contribution in [0.3, 0.4) is 0 Å². The highest BCUT2D eigenvalue weighted by molar-refractivity contribution is 5.71. The largest absolute Gasteiger partial charge is 0.462 e. The van der Waals surface area contributed by atoms with Crippen LogP contribution in [-0.2, 0) is 28.6 Å². The van der Waals surface area contributed by atoms with Gasteiger partial charge in [0.25, 0.3) is 0 Å². The molecule has 0 heterocycles. The molecule has 1 atom stereocenters. The first-order chi connectivity index (χ1) is 34.0. The van der Waals surface area contributed by atoms with Crippen molar-refractivity contribution in [1.82, 2.24) is 0 Å². The molecule has 0 aliphatic heterocycles. The minimum absolute atomic E-state index is 0.0995. The van der Waals surface area contributed by atoms with Crippen molar-refractivity contribution in [2.24, 2.45) is 0 Å². The molecule has 0 aliphatic carbocycles. The molecule has 0 saturated heterocycles. The van der Waals surface area contributed by atoms with Crippen molar-refractivity contribution in [2.75, 3.05) is 13.2 Å². The van der Waals surface area contributed by atoms with Crippen LogP contribution in [0.1, 0.15) is 265 Å². The fourth-order valence-electron chi connectivity index (χ4n) is 7.84. The van der Waals surface area contributed by atoms with Gasteiger partial charge in [-0.3, -0.25) is 14.4 Å². The molecule has 1 unspecified atom stereocenters. The van der Waals surface area contributed by atoms with E-state index in [4.69, 9.17) is 14.2 Å². The summed E-state index contributed by atoms with van der Waals surface area (Å²) < 4.78 is 16.8. The third-order valence-corrected chi connectivity index (χ3v) is 12.1. The number of ether oxygens (including phenoxy) is 3. The molecule has 0 saturated carbocycles. The minimum Gasteiger partial charge on any atom is -0.462 e. The van der Waals surface area contributed by atoms with Crippen molar-refractivity contribution in [3.63, 3.8) is 0 Å². The van der Waals surface area contributed by atoms with Crippen LogP contribution in [0.2, 0.25) is 0 Å². The number of rotatable bonds is 51. The molecule has 0 rings (SSSR count). The Kier molecular flexibility index (Phi) is 53.9. The molecule has 69 heavy (non-hydrogen) atoms. The number of carbonyl (C=O) groups is 3. The molecule has 0 aromatic rings. The molecule has 6 heteroatoms. The van der Waals surface area contributed by atoms with E-state index in [0.29, 0.717) is 19.3 Å². The summed E-state index contributed by atoms with van der Waals surface area (Å²) in [4.78, 5) is 38.1. The molecular formula is C63H106O6. The van der Waals surface area contributed by atoms with Gasteiger partial charge in [0, 0.05) is 19.3 Å². The van der Waals surface area contributed by atoms with E-state index < -0.39 is 6.10 Å². The lowest BCUT2D eigenvalue weighted by Crippen LogP contribution is -2.30. The topological polar surface area (TPSA) is 78.9 Å². The quantitative estimate of drug-likeness (QED) is 0.0262. The van der Waals surface area contributed by atoms with Gasteiger partial charge in [0.15, 0.2) is 6.10 Å². The highest BCUT2D eigenvalue weighted by Gasteiger charge is 2.19. The van der Waals surface area contributed by atoms with Crippen LogP contribution < -0.4 is 0 Å². The summed E-state index contributed by atoms with van der Waals surface area (Å²) in [6.45, 7) is 6.37. The van der Waals surface area contributed by atoms with Crippen molar-refractivity contribution in [3.8, 4) is 0 Å². The summed E-state index contributed by atoms with van der Waals surface area (Å²) in [7, 11) is 0. The fraction of sp³-hybridized carbons (Fsp3) is 0.698. The predicted octanol–water partition coefficient (Wildman–Crippen LogP) is 19.3. The molecule has 0 aromatic heterocycles. The van der Waals surface area contributed by atoms with Gasteiger partial charge in [0.2, 0.25) is 0 Å². The number of hydrogen-bond acceptors (Lipinski definition) is 6. The van der Waals surface area contributed by atoms with Crippen molar-refractivity contribution >= 4 is 17.9 Å². The zero-order valence-corrected chi connectivity index (χ0v) is 45.0. The third-order valence-electron chi connectivity index (χ3n) is 12.1. The summed E-state index contributed by atoms with van der Waals surface area (Å²) in [6.07, 6.45) is 75.5. The summed E-state index contributed by atoms with van der Waals surface area (Å²) in [6, 6.07) is 0. The van der Waals surface area contributed by atoms with Gasteiger partial charge in [-0.25, -0.2) is 0 Å². The second-order valence-electron chi connectivity index (χ2n) is 18.8. The normalized spacial score (nSPS) is 12.8. The van der Waals surface area contributed by atoms with Crippen LogP contribution in [0.15, 0.2) is 97.2 Å². The molecule has 394 valence electrons. The van der Waals surface area contributed by atoms with E-state index in [2.05, 4.69) is 118 Å². The number of hydrogen-bond donors (Lipinski definition) is 0. The average Bonchev–Trinajstić information content (AvgIpc) is 3.35. The second kappa shape index (κ2) is 56.9. The van der Waals surface area contributed by atoms with Gasteiger partial charge >= 0.3 is 17.9 Å². The summed E-state index contributed by atoms with van der Waals surface area (Å²) >= 11 is 0. The molecule has 0 amide bonds. The second-order valence-corrected chi connectivity index (χ2v) is 18.8. The van der Waals surface area contributed by atoms with E-state index in [0.717, 1.165) is 122 Å². The Morgan fingerprint density at radius 3 is 0.913 bits per heavy atom. The van der Waals surface area contributed by atoms with E-state index in [9.17, 15) is 14.4 Å². The van der Waals surface area contributed by atoms with Crippen LogP contribution >= 0.6 is 0 Å². The van der Waals surface area contributed by atoms with E-state index >= 15 is 0 Å². The van der Waals surface area contributed by atoms with Crippen molar-refractivity contribution in [3.05, 3.63) is 97.2 Å². The Balaban J connectivity index is 4.45. The third kappa shape index (κ3) is 55.1. The molecule has 0 aliphatic rings. The Labute approximate surface area is 426 Å². The van der Waals surface area contributed by atoms with Crippen LogP contribution in [0.25, 0.3) is 0 Å². The summed E-state index contributed by atoms with van der Waals surface area (Å²) in [5.74, 6) is -0.962. The summed E-state index contributed by atoms with van der Waals surface area (Å²) in [5, 5.41) is 0. The van der Waals surface area contributed by atoms with Crippen molar-refractivity contribution in [2.45, 2.75) is 271 Å². The highest BCUT2D eigenvalue weighted by Crippen LogP contribution is 2.16. The molecule has 0 radical (unpaired) electrons. The standard InChI is InChI=1S/C63H106O6/c1-4-7-10-13-16-19-22-25-28-30-31-33-35-38-41-44-47-50-53-56-62(65)68-59-60(58-67-61(64)55-52-49-46-43-40-37-34-27-24-21-18-15-12-9-6-3)69-63(66)57-54-51-48-45-42-39-36-32-29-26-23-20-17-14-11-8-5-2/h8-9,11-12,17-18,20-21,26-27,29,34,36,39-40,43,60H,4-7,10,13-16,19,22-25,28,30-33,35,37-38,41-42,44-59H2,1-3H3/b11-8-,12-9-,20-17-,21-18-,29-26-,34-27-,39-36-,43-40-. The van der Waals surface area contributed by atoms with Crippen LogP contribution in [-0.4, -0.2) is 37.2 Å². The monoisotopic (exact) mass is 959 g/mol. The molecular weight excluding hydrogens is 853 g/mol. The maximum Gasteiger partial charge on any atom is 0.306 e. The zero-order valence-electron chi connectivity index (χ0n) is 45.0. The zero-order chi connectivity index (χ0) is 50.0. The van der Waals surface area contributed by atoms with Gasteiger partial charge in [-0.2, -0.15) is 0 Å². The number of carbonyl (C=O) groups excluding carboxylic acids is 3. The Bertz CT molecular complexity index is 1380. The maximum absolute atomic E-state index is 12.8. The average molecular weight is 960 g/mol. The maximum atomic E-state index is 12.8. The van der Waals surface area contributed by atoms with E-state index in [1.165, 1.54) is 103 Å². The molecule has 0 fully saturated rings. The number of esters is 3. The van der Waals surface area contributed by atoms with Gasteiger partial charge in [0.05, 0.1) is 0 Å². The lowest BCUT2D eigenvalue weighted by atomic mass is 10.0.